The van der Waals surface area contributed by atoms with E-state index in [1.165, 1.54) is 11.8 Å². The van der Waals surface area contributed by atoms with E-state index in [0.717, 1.165) is 5.56 Å². The van der Waals surface area contributed by atoms with Crippen LogP contribution in [0.1, 0.15) is 42.4 Å². The van der Waals surface area contributed by atoms with Crippen molar-refractivity contribution in [2.75, 3.05) is 6.54 Å². The molecule has 2 rings (SSSR count). The molecule has 6 heteroatoms. The summed E-state index contributed by atoms with van der Waals surface area (Å²) in [4.78, 5) is 27.3. The first kappa shape index (κ1) is 18.6. The molecule has 1 aromatic heterocycles. The summed E-state index contributed by atoms with van der Waals surface area (Å²) in [6.07, 6.45) is 1.47. The van der Waals surface area contributed by atoms with Crippen molar-refractivity contribution in [2.45, 2.75) is 32.8 Å². The predicted octanol–water partition coefficient (Wildman–Crippen LogP) is 2.17. The minimum atomic E-state index is -0.630. The van der Waals surface area contributed by atoms with Crippen LogP contribution in [0, 0.1) is 0 Å². The molecule has 1 aromatic carbocycles. The first-order valence-corrected chi connectivity index (χ1v) is 8.02. The molecule has 0 atom stereocenters. The Balaban J connectivity index is 2.08. The molecule has 0 spiro atoms. The van der Waals surface area contributed by atoms with Crippen molar-refractivity contribution in [1.82, 2.24) is 10.3 Å². The lowest BCUT2D eigenvalue weighted by Gasteiger charge is -2.19. The fraction of sp³-hybridized carbons (Fsp3) is 0.316. The van der Waals surface area contributed by atoms with Crippen LogP contribution in [0.4, 0.5) is 0 Å². The topological polar surface area (TPSA) is 94.3 Å². The zero-order valence-electron chi connectivity index (χ0n) is 14.7. The average molecular weight is 341 g/mol. The lowest BCUT2D eigenvalue weighted by atomic mass is 9.87. The zero-order valence-corrected chi connectivity index (χ0v) is 14.7. The molecule has 0 unspecified atom stereocenters. The summed E-state index contributed by atoms with van der Waals surface area (Å²) < 4.78 is 5.72. The van der Waals surface area contributed by atoms with E-state index in [-0.39, 0.29) is 17.7 Å². The minimum absolute atomic E-state index is 0.0515. The lowest BCUT2D eigenvalue weighted by molar-refractivity contribution is -0.118. The monoisotopic (exact) mass is 341 g/mol. The Kier molecular flexibility index (Phi) is 5.88. The van der Waals surface area contributed by atoms with Crippen molar-refractivity contribution >= 4 is 11.8 Å². The number of nitrogens with one attached hydrogen (secondary N) is 1. The highest BCUT2D eigenvalue weighted by atomic mass is 16.5. The normalized spacial score (nSPS) is 11.0. The SMILES string of the molecule is CC(C)(C)c1ccc(COc2cccnc2C(=O)NC(=O)CN)cc1. The van der Waals surface area contributed by atoms with Crippen molar-refractivity contribution < 1.29 is 14.3 Å². The van der Waals surface area contributed by atoms with Crippen molar-refractivity contribution in [1.29, 1.82) is 0 Å². The molecule has 1 heterocycles. The number of carbonyl (C=O) groups is 2. The second kappa shape index (κ2) is 7.90. The third kappa shape index (κ3) is 5.12. The number of imide groups is 1. The molecule has 2 amide bonds. The number of amides is 2. The van der Waals surface area contributed by atoms with E-state index >= 15 is 0 Å². The molecular formula is C19H23N3O3. The van der Waals surface area contributed by atoms with Gasteiger partial charge in [0.15, 0.2) is 11.4 Å². The van der Waals surface area contributed by atoms with Crippen LogP contribution in [0.15, 0.2) is 42.6 Å². The van der Waals surface area contributed by atoms with Gasteiger partial charge in [0.1, 0.15) is 6.61 Å². The van der Waals surface area contributed by atoms with Gasteiger partial charge in [0, 0.05) is 6.20 Å². The molecule has 3 N–H and O–H groups in total. The van der Waals surface area contributed by atoms with Gasteiger partial charge in [-0.05, 0) is 28.7 Å². The Morgan fingerprint density at radius 2 is 1.84 bits per heavy atom. The van der Waals surface area contributed by atoms with Gasteiger partial charge in [-0.25, -0.2) is 4.98 Å². The van der Waals surface area contributed by atoms with Crippen LogP contribution in [-0.2, 0) is 16.8 Å². The molecule has 0 aliphatic carbocycles. The van der Waals surface area contributed by atoms with Gasteiger partial charge in [0.25, 0.3) is 5.91 Å². The maximum Gasteiger partial charge on any atom is 0.280 e. The number of nitrogens with zero attached hydrogens (tertiary/aromatic N) is 1. The summed E-state index contributed by atoms with van der Waals surface area (Å²) in [5.74, 6) is -0.891. The molecule has 0 fully saturated rings. The molecule has 6 nitrogen and oxygen atoms in total. The van der Waals surface area contributed by atoms with E-state index in [1.807, 2.05) is 12.1 Å². The van der Waals surface area contributed by atoms with Crippen LogP contribution in [0.3, 0.4) is 0 Å². The van der Waals surface area contributed by atoms with Crippen LogP contribution < -0.4 is 15.8 Å². The van der Waals surface area contributed by atoms with Gasteiger partial charge >= 0.3 is 0 Å². The summed E-state index contributed by atoms with van der Waals surface area (Å²) in [5.41, 5.74) is 7.54. The third-order valence-electron chi connectivity index (χ3n) is 3.64. The highest BCUT2D eigenvalue weighted by Gasteiger charge is 2.16. The molecule has 0 radical (unpaired) electrons. The number of aromatic nitrogens is 1. The molecule has 2 aromatic rings. The number of carbonyl (C=O) groups excluding carboxylic acids is 2. The summed E-state index contributed by atoms with van der Waals surface area (Å²) >= 11 is 0. The lowest BCUT2D eigenvalue weighted by Crippen LogP contribution is -2.36. The summed E-state index contributed by atoms with van der Waals surface area (Å²) in [5, 5.41) is 2.16. The van der Waals surface area contributed by atoms with Crippen LogP contribution in [0.25, 0.3) is 0 Å². The summed E-state index contributed by atoms with van der Waals surface area (Å²) in [6.45, 7) is 6.49. The van der Waals surface area contributed by atoms with Gasteiger partial charge in [-0.3, -0.25) is 14.9 Å². The highest BCUT2D eigenvalue weighted by molar-refractivity contribution is 6.05. The number of rotatable bonds is 5. The number of nitrogens with two attached hydrogens (primary N) is 1. The third-order valence-corrected chi connectivity index (χ3v) is 3.64. The van der Waals surface area contributed by atoms with Crippen LogP contribution in [0.2, 0.25) is 0 Å². The van der Waals surface area contributed by atoms with E-state index in [1.54, 1.807) is 12.1 Å². The molecule has 132 valence electrons. The minimum Gasteiger partial charge on any atom is -0.486 e. The second-order valence-electron chi connectivity index (χ2n) is 6.67. The Labute approximate surface area is 147 Å². The van der Waals surface area contributed by atoms with Crippen molar-refractivity contribution in [2.24, 2.45) is 5.73 Å². The Hall–Kier alpha value is -2.73. The molecular weight excluding hydrogens is 318 g/mol. The molecule has 0 saturated heterocycles. The number of hydrogen-bond acceptors (Lipinski definition) is 5. The van der Waals surface area contributed by atoms with Crippen molar-refractivity contribution in [3.8, 4) is 5.75 Å². The van der Waals surface area contributed by atoms with E-state index < -0.39 is 11.8 Å². The van der Waals surface area contributed by atoms with Gasteiger partial charge in [0.05, 0.1) is 6.54 Å². The Morgan fingerprint density at radius 3 is 2.44 bits per heavy atom. The molecule has 0 aliphatic heterocycles. The van der Waals surface area contributed by atoms with Crippen LogP contribution in [0.5, 0.6) is 5.75 Å². The van der Waals surface area contributed by atoms with E-state index in [0.29, 0.717) is 12.4 Å². The fourth-order valence-electron chi connectivity index (χ4n) is 2.18. The maximum absolute atomic E-state index is 12.1. The van der Waals surface area contributed by atoms with Gasteiger partial charge in [-0.15, -0.1) is 0 Å². The molecule has 0 aliphatic rings. The van der Waals surface area contributed by atoms with Gasteiger partial charge in [-0.1, -0.05) is 45.0 Å². The standard InChI is InChI=1S/C19H23N3O3/c1-19(2,3)14-8-6-13(7-9-14)12-25-15-5-4-10-21-17(15)18(24)22-16(23)11-20/h4-10H,11-12,20H2,1-3H3,(H,22,23,24). The van der Waals surface area contributed by atoms with Crippen molar-refractivity contribution in [3.05, 3.63) is 59.4 Å². The largest absolute Gasteiger partial charge is 0.486 e. The Morgan fingerprint density at radius 1 is 1.16 bits per heavy atom. The Bertz CT molecular complexity index is 749. The quantitative estimate of drug-likeness (QED) is 0.869. The van der Waals surface area contributed by atoms with E-state index in [2.05, 4.69) is 43.2 Å². The first-order chi connectivity index (χ1) is 11.8. The number of benzene rings is 1. The smallest absolute Gasteiger partial charge is 0.280 e. The predicted molar refractivity (Wildman–Crippen MR) is 95.2 cm³/mol. The second-order valence-corrected chi connectivity index (χ2v) is 6.67. The fourth-order valence-corrected chi connectivity index (χ4v) is 2.18. The summed E-state index contributed by atoms with van der Waals surface area (Å²) in [6, 6.07) is 11.4. The summed E-state index contributed by atoms with van der Waals surface area (Å²) in [7, 11) is 0. The molecule has 25 heavy (non-hydrogen) atoms. The number of pyridine rings is 1. The van der Waals surface area contributed by atoms with E-state index in [4.69, 9.17) is 10.5 Å². The van der Waals surface area contributed by atoms with Gasteiger partial charge < -0.3 is 10.5 Å². The first-order valence-electron chi connectivity index (χ1n) is 8.02. The van der Waals surface area contributed by atoms with Crippen LogP contribution in [-0.4, -0.2) is 23.3 Å². The number of hydrogen-bond donors (Lipinski definition) is 2. The van der Waals surface area contributed by atoms with Gasteiger partial charge in [0.2, 0.25) is 5.91 Å². The van der Waals surface area contributed by atoms with Crippen LogP contribution >= 0.6 is 0 Å². The average Bonchev–Trinajstić information content (AvgIpc) is 2.59. The van der Waals surface area contributed by atoms with Gasteiger partial charge in [-0.2, -0.15) is 0 Å². The molecule has 0 bridgehead atoms. The zero-order chi connectivity index (χ0) is 18.4. The highest BCUT2D eigenvalue weighted by Crippen LogP contribution is 2.23. The molecule has 0 saturated carbocycles. The maximum atomic E-state index is 12.1. The van der Waals surface area contributed by atoms with Crippen molar-refractivity contribution in [3.63, 3.8) is 0 Å². The number of ether oxygens (including phenoxy) is 1. The van der Waals surface area contributed by atoms with E-state index in [9.17, 15) is 9.59 Å².